The van der Waals surface area contributed by atoms with Crippen molar-refractivity contribution in [1.82, 2.24) is 0 Å². The van der Waals surface area contributed by atoms with Crippen LogP contribution < -0.4 is 15.2 Å². The molecule has 0 fully saturated rings. The van der Waals surface area contributed by atoms with E-state index in [-0.39, 0.29) is 19.3 Å². The van der Waals surface area contributed by atoms with Crippen LogP contribution >= 0.6 is 0 Å². The lowest BCUT2D eigenvalue weighted by Gasteiger charge is -2.16. The van der Waals surface area contributed by atoms with Crippen LogP contribution in [0.5, 0.6) is 11.5 Å². The molecule has 0 saturated heterocycles. The molecule has 0 amide bonds. The molecule has 1 atom stereocenters. The van der Waals surface area contributed by atoms with E-state index in [1.165, 1.54) is 0 Å². The van der Waals surface area contributed by atoms with Crippen LogP contribution in [0.4, 0.5) is 0 Å². The van der Waals surface area contributed by atoms with Crippen LogP contribution in [0.2, 0.25) is 0 Å². The minimum absolute atomic E-state index is 0.114. The van der Waals surface area contributed by atoms with Gasteiger partial charge in [-0.25, -0.2) is 4.99 Å². The lowest BCUT2D eigenvalue weighted by Crippen LogP contribution is -2.26. The highest BCUT2D eigenvalue weighted by atomic mass is 16.5. The summed E-state index contributed by atoms with van der Waals surface area (Å²) in [6, 6.07) is 11.5. The lowest BCUT2D eigenvalue weighted by atomic mass is 10.0. The molecule has 1 unspecified atom stereocenters. The molecular formula is C24H32N2O4. The van der Waals surface area contributed by atoms with Crippen molar-refractivity contribution in [1.29, 1.82) is 0 Å². The fourth-order valence-electron chi connectivity index (χ4n) is 2.96. The topological polar surface area (TPSA) is 86.3 Å². The van der Waals surface area contributed by atoms with Crippen LogP contribution in [-0.4, -0.2) is 43.5 Å². The third-order valence-electron chi connectivity index (χ3n) is 4.39. The molecule has 0 heterocycles. The quantitative estimate of drug-likeness (QED) is 0.483. The fourth-order valence-corrected chi connectivity index (χ4v) is 2.96. The molecule has 3 N–H and O–H groups in total. The Labute approximate surface area is 179 Å². The molecule has 0 spiro atoms. The summed E-state index contributed by atoms with van der Waals surface area (Å²) >= 11 is 0. The van der Waals surface area contributed by atoms with Gasteiger partial charge in [-0.15, -0.1) is 0 Å². The van der Waals surface area contributed by atoms with E-state index in [4.69, 9.17) is 19.9 Å². The van der Waals surface area contributed by atoms with Crippen molar-refractivity contribution in [2.75, 3.05) is 20.3 Å². The van der Waals surface area contributed by atoms with Crippen LogP contribution in [-0.2, 0) is 4.74 Å². The number of hydrogen-bond acceptors (Lipinski definition) is 6. The standard InChI is InChI=1S/C24H32N2O4/c1-15(2)30-22-9-7-19(8-10-22)24(28-6)26-18(5)20-11-16(3)23(17(4)12-20)29-14-21(27)13-25/h7-12,15,21,27H,5,13-14,25H2,1-4,6H3. The number of benzene rings is 2. The summed E-state index contributed by atoms with van der Waals surface area (Å²) in [5.74, 6) is 2.00. The minimum Gasteiger partial charge on any atom is -0.491 e. The van der Waals surface area contributed by atoms with Crippen molar-refractivity contribution in [3.05, 3.63) is 65.2 Å². The largest absolute Gasteiger partial charge is 0.491 e. The van der Waals surface area contributed by atoms with E-state index in [2.05, 4.69) is 11.6 Å². The van der Waals surface area contributed by atoms with Crippen molar-refractivity contribution in [3.8, 4) is 11.5 Å². The Balaban J connectivity index is 2.22. The second kappa shape index (κ2) is 10.8. The average Bonchev–Trinajstić information content (AvgIpc) is 2.71. The van der Waals surface area contributed by atoms with Crippen molar-refractivity contribution in [3.63, 3.8) is 0 Å². The molecule has 30 heavy (non-hydrogen) atoms. The van der Waals surface area contributed by atoms with E-state index in [0.29, 0.717) is 11.6 Å². The van der Waals surface area contributed by atoms with Crippen molar-refractivity contribution < 1.29 is 19.3 Å². The van der Waals surface area contributed by atoms with E-state index >= 15 is 0 Å². The van der Waals surface area contributed by atoms with Gasteiger partial charge in [0, 0.05) is 17.7 Å². The molecular weight excluding hydrogens is 380 g/mol. The summed E-state index contributed by atoms with van der Waals surface area (Å²) in [7, 11) is 1.58. The van der Waals surface area contributed by atoms with Crippen molar-refractivity contribution in [2.45, 2.75) is 39.9 Å². The van der Waals surface area contributed by atoms with Crippen LogP contribution in [0.15, 0.2) is 48.0 Å². The second-order valence-corrected chi connectivity index (χ2v) is 7.40. The molecule has 2 rings (SSSR count). The second-order valence-electron chi connectivity index (χ2n) is 7.40. The highest BCUT2D eigenvalue weighted by Gasteiger charge is 2.12. The number of hydrogen-bond donors (Lipinski definition) is 2. The summed E-state index contributed by atoms with van der Waals surface area (Å²) < 4.78 is 16.9. The highest BCUT2D eigenvalue weighted by molar-refractivity contribution is 5.97. The number of aliphatic imine (C=N–C) groups is 1. The number of aliphatic hydroxyl groups excluding tert-OH is 1. The van der Waals surface area contributed by atoms with Gasteiger partial charge in [-0.3, -0.25) is 0 Å². The van der Waals surface area contributed by atoms with E-state index in [1.54, 1.807) is 7.11 Å². The third-order valence-corrected chi connectivity index (χ3v) is 4.39. The smallest absolute Gasteiger partial charge is 0.221 e. The normalized spacial score (nSPS) is 12.6. The van der Waals surface area contributed by atoms with Gasteiger partial charge in [-0.05, 0) is 75.2 Å². The maximum Gasteiger partial charge on any atom is 0.221 e. The van der Waals surface area contributed by atoms with Gasteiger partial charge in [0.25, 0.3) is 0 Å². The number of nitrogens with zero attached hydrogens (tertiary/aromatic N) is 1. The van der Waals surface area contributed by atoms with Gasteiger partial charge in [-0.2, -0.15) is 0 Å². The van der Waals surface area contributed by atoms with Gasteiger partial charge in [0.1, 0.15) is 24.2 Å². The maximum absolute atomic E-state index is 9.63. The van der Waals surface area contributed by atoms with E-state index in [0.717, 1.165) is 33.8 Å². The Hall–Kier alpha value is -2.83. The molecule has 162 valence electrons. The Morgan fingerprint density at radius 1 is 1.10 bits per heavy atom. The number of rotatable bonds is 9. The lowest BCUT2D eigenvalue weighted by molar-refractivity contribution is 0.113. The van der Waals surface area contributed by atoms with Crippen molar-refractivity contribution >= 4 is 11.6 Å². The first-order valence-corrected chi connectivity index (χ1v) is 9.96. The summed E-state index contributed by atoms with van der Waals surface area (Å²) in [6.07, 6.45) is -0.576. The van der Waals surface area contributed by atoms with Crippen LogP contribution in [0.3, 0.4) is 0 Å². The molecule has 0 radical (unpaired) electrons. The first kappa shape index (κ1) is 23.4. The molecule has 2 aromatic rings. The molecule has 0 bridgehead atoms. The van der Waals surface area contributed by atoms with Gasteiger partial charge in [0.15, 0.2) is 0 Å². The third kappa shape index (κ3) is 6.34. The minimum atomic E-state index is -0.690. The summed E-state index contributed by atoms with van der Waals surface area (Å²) in [5.41, 5.74) is 9.58. The van der Waals surface area contributed by atoms with Crippen LogP contribution in [0, 0.1) is 13.8 Å². The SMILES string of the molecule is C=C(N=C(OC)c1ccc(OC(C)C)cc1)c1cc(C)c(OCC(O)CN)c(C)c1. The van der Waals surface area contributed by atoms with E-state index < -0.39 is 6.10 Å². The monoisotopic (exact) mass is 412 g/mol. The Kier molecular flexibility index (Phi) is 8.45. The Bertz CT molecular complexity index is 866. The molecule has 0 aliphatic rings. The molecule has 0 aliphatic heterocycles. The van der Waals surface area contributed by atoms with Gasteiger partial charge < -0.3 is 25.1 Å². The zero-order valence-electron chi connectivity index (χ0n) is 18.4. The maximum atomic E-state index is 9.63. The zero-order chi connectivity index (χ0) is 22.3. The number of methoxy groups -OCH3 is 1. The molecule has 0 aromatic heterocycles. The summed E-state index contributed by atoms with van der Waals surface area (Å²) in [4.78, 5) is 4.59. The predicted molar refractivity (Wildman–Crippen MR) is 121 cm³/mol. The van der Waals surface area contributed by atoms with E-state index in [9.17, 15) is 5.11 Å². The molecule has 2 aromatic carbocycles. The number of ether oxygens (including phenoxy) is 3. The van der Waals surface area contributed by atoms with Crippen LogP contribution in [0.25, 0.3) is 5.70 Å². The number of nitrogens with two attached hydrogens (primary N) is 1. The molecule has 6 nitrogen and oxygen atoms in total. The zero-order valence-corrected chi connectivity index (χ0v) is 18.4. The van der Waals surface area contributed by atoms with Crippen molar-refractivity contribution in [2.24, 2.45) is 10.7 Å². The predicted octanol–water partition coefficient (Wildman–Crippen LogP) is 3.85. The number of aryl methyl sites for hydroxylation is 2. The number of aliphatic hydroxyl groups is 1. The molecule has 0 saturated carbocycles. The fraction of sp³-hybridized carbons (Fsp3) is 0.375. The molecule has 0 aliphatic carbocycles. The average molecular weight is 413 g/mol. The Morgan fingerprint density at radius 3 is 2.20 bits per heavy atom. The Morgan fingerprint density at radius 2 is 1.70 bits per heavy atom. The van der Waals surface area contributed by atoms with Gasteiger partial charge in [-0.1, -0.05) is 6.58 Å². The summed E-state index contributed by atoms with van der Waals surface area (Å²) in [6.45, 7) is 12.3. The highest BCUT2D eigenvalue weighted by Crippen LogP contribution is 2.28. The van der Waals surface area contributed by atoms with Gasteiger partial charge in [0.05, 0.1) is 18.9 Å². The van der Waals surface area contributed by atoms with Gasteiger partial charge >= 0.3 is 0 Å². The van der Waals surface area contributed by atoms with E-state index in [1.807, 2.05) is 64.1 Å². The first-order chi connectivity index (χ1) is 14.2. The van der Waals surface area contributed by atoms with Crippen LogP contribution in [0.1, 0.15) is 36.1 Å². The van der Waals surface area contributed by atoms with Gasteiger partial charge in [0.2, 0.25) is 5.90 Å². The summed E-state index contributed by atoms with van der Waals surface area (Å²) in [5, 5.41) is 9.63. The molecule has 6 heteroatoms. The first-order valence-electron chi connectivity index (χ1n) is 9.96.